The number of hydrogen-bond donors (Lipinski definition) is 3. The summed E-state index contributed by atoms with van der Waals surface area (Å²) in [6, 6.07) is 6.88. The van der Waals surface area contributed by atoms with Gasteiger partial charge in [-0.1, -0.05) is 12.1 Å². The van der Waals surface area contributed by atoms with Gasteiger partial charge in [-0.15, -0.1) is 0 Å². The average molecular weight is 303 g/mol. The molecule has 1 aromatic carbocycles. The predicted octanol–water partition coefficient (Wildman–Crippen LogP) is 2.81. The molecule has 0 heterocycles. The van der Waals surface area contributed by atoms with Crippen molar-refractivity contribution in [3.8, 4) is 0 Å². The van der Waals surface area contributed by atoms with E-state index in [2.05, 4.69) is 10.6 Å². The van der Waals surface area contributed by atoms with E-state index in [9.17, 15) is 9.59 Å². The summed E-state index contributed by atoms with van der Waals surface area (Å²) in [6.45, 7) is 5.37. The van der Waals surface area contributed by atoms with Crippen molar-refractivity contribution in [3.63, 3.8) is 0 Å². The molecule has 1 aromatic rings. The number of allylic oxidation sites excluding steroid dienone is 1. The third kappa shape index (κ3) is 5.05. The first-order valence-corrected chi connectivity index (χ1v) is 6.79. The van der Waals surface area contributed by atoms with Gasteiger partial charge in [-0.05, 0) is 38.5 Å². The van der Waals surface area contributed by atoms with Gasteiger partial charge in [0.25, 0.3) is 0 Å². The molecule has 0 bridgehead atoms. The summed E-state index contributed by atoms with van der Waals surface area (Å²) in [7, 11) is 1.68. The van der Waals surface area contributed by atoms with E-state index in [1.165, 1.54) is 0 Å². The van der Waals surface area contributed by atoms with E-state index in [0.29, 0.717) is 17.7 Å². The molecule has 0 aliphatic carbocycles. The van der Waals surface area contributed by atoms with Crippen LogP contribution in [0.4, 0.5) is 10.5 Å². The Bertz CT molecular complexity index is 574. The molecular weight excluding hydrogens is 282 g/mol. The lowest BCUT2D eigenvalue weighted by Gasteiger charge is -2.19. The first-order valence-electron chi connectivity index (χ1n) is 6.79. The molecule has 3 N–H and O–H groups in total. The molecule has 0 saturated carbocycles. The Kier molecular flexibility index (Phi) is 5.86. The number of amides is 1. The van der Waals surface area contributed by atoms with Crippen LogP contribution in [0.3, 0.4) is 0 Å². The first-order chi connectivity index (χ1) is 10.3. The molecule has 1 rings (SSSR count). The molecule has 22 heavy (non-hydrogen) atoms. The van der Waals surface area contributed by atoms with Gasteiger partial charge in [-0.3, -0.25) is 10.1 Å². The zero-order chi connectivity index (χ0) is 16.8. The van der Waals surface area contributed by atoms with Crippen molar-refractivity contribution in [2.24, 2.45) is 0 Å². The van der Waals surface area contributed by atoms with Crippen molar-refractivity contribution in [2.45, 2.75) is 26.4 Å². The number of carbonyl (C=O) groups excluding carboxylic acids is 2. The molecule has 0 aliphatic heterocycles. The number of ether oxygens (including phenoxy) is 1. The molecule has 0 saturated heterocycles. The molecular formula is C16H21N3O3. The fourth-order valence-corrected chi connectivity index (χ4v) is 1.76. The summed E-state index contributed by atoms with van der Waals surface area (Å²) < 4.78 is 5.17. The molecule has 0 unspecified atom stereocenters. The smallest absolute Gasteiger partial charge is 0.412 e. The zero-order valence-corrected chi connectivity index (χ0v) is 13.2. The van der Waals surface area contributed by atoms with Gasteiger partial charge in [0.15, 0.2) is 6.29 Å². The molecule has 0 radical (unpaired) electrons. The van der Waals surface area contributed by atoms with Gasteiger partial charge in [-0.25, -0.2) is 4.79 Å². The topological polar surface area (TPSA) is 91.3 Å². The highest BCUT2D eigenvalue weighted by Crippen LogP contribution is 2.18. The van der Waals surface area contributed by atoms with Crippen molar-refractivity contribution < 1.29 is 14.3 Å². The number of aldehydes is 1. The van der Waals surface area contributed by atoms with Crippen molar-refractivity contribution in [1.29, 1.82) is 5.41 Å². The van der Waals surface area contributed by atoms with Crippen LogP contribution in [0.2, 0.25) is 0 Å². The molecule has 0 atom stereocenters. The second-order valence-corrected chi connectivity index (χ2v) is 5.55. The Morgan fingerprint density at radius 3 is 2.23 bits per heavy atom. The minimum atomic E-state index is -0.561. The van der Waals surface area contributed by atoms with Crippen LogP contribution in [0.25, 0.3) is 5.70 Å². The van der Waals surface area contributed by atoms with E-state index in [1.807, 2.05) is 0 Å². The lowest BCUT2D eigenvalue weighted by Crippen LogP contribution is -2.27. The molecule has 0 fully saturated rings. The van der Waals surface area contributed by atoms with Crippen molar-refractivity contribution in [3.05, 3.63) is 35.4 Å². The monoisotopic (exact) mass is 303 g/mol. The average Bonchev–Trinajstić information content (AvgIpc) is 2.43. The number of hydrogen-bond acceptors (Lipinski definition) is 5. The fraction of sp³-hybridized carbons (Fsp3) is 0.312. The van der Waals surface area contributed by atoms with Gasteiger partial charge in [0, 0.05) is 18.9 Å². The van der Waals surface area contributed by atoms with Crippen molar-refractivity contribution >= 4 is 30.0 Å². The molecule has 1 amide bonds. The predicted molar refractivity (Wildman–Crippen MR) is 87.1 cm³/mol. The van der Waals surface area contributed by atoms with E-state index in [0.717, 1.165) is 11.8 Å². The maximum absolute atomic E-state index is 11.7. The number of anilines is 1. The SMILES string of the molecule is CN/C(=C(\C=N)C=O)c1ccc(NC(=O)OC(C)(C)C)cc1. The first kappa shape index (κ1) is 17.4. The number of nitrogens with one attached hydrogen (secondary N) is 3. The summed E-state index contributed by atoms with van der Waals surface area (Å²) in [5, 5.41) is 12.8. The quantitative estimate of drug-likeness (QED) is 0.443. The molecule has 118 valence electrons. The van der Waals surface area contributed by atoms with Crippen LogP contribution in [-0.2, 0) is 9.53 Å². The summed E-state index contributed by atoms with van der Waals surface area (Å²) in [6.07, 6.45) is 1.08. The lowest BCUT2D eigenvalue weighted by atomic mass is 10.1. The highest BCUT2D eigenvalue weighted by atomic mass is 16.6. The standard InChI is InChI=1S/C16H21N3O3/c1-16(2,3)22-15(21)19-13-7-5-11(6-8-13)14(18-4)12(9-17)10-20/h5-10,17-18H,1-4H3,(H,19,21)/b14-12+,17-9?. The molecule has 0 spiro atoms. The van der Waals surface area contributed by atoms with Crippen molar-refractivity contribution in [2.75, 3.05) is 12.4 Å². The van der Waals surface area contributed by atoms with E-state index in [4.69, 9.17) is 10.1 Å². The third-order valence-corrected chi connectivity index (χ3v) is 2.64. The van der Waals surface area contributed by atoms with Crippen LogP contribution in [-0.4, -0.2) is 31.2 Å². The van der Waals surface area contributed by atoms with Crippen LogP contribution in [0.1, 0.15) is 26.3 Å². The summed E-state index contributed by atoms with van der Waals surface area (Å²) in [5.74, 6) is 0. The maximum Gasteiger partial charge on any atom is 0.412 e. The Balaban J connectivity index is 2.91. The molecule has 0 aromatic heterocycles. The van der Waals surface area contributed by atoms with Gasteiger partial charge in [0.1, 0.15) is 5.60 Å². The van der Waals surface area contributed by atoms with E-state index < -0.39 is 11.7 Å². The van der Waals surface area contributed by atoms with Gasteiger partial charge in [-0.2, -0.15) is 0 Å². The molecule has 6 nitrogen and oxygen atoms in total. The van der Waals surface area contributed by atoms with Gasteiger partial charge in [0.2, 0.25) is 0 Å². The summed E-state index contributed by atoms with van der Waals surface area (Å²) in [4.78, 5) is 22.6. The van der Waals surface area contributed by atoms with E-state index in [-0.39, 0.29) is 5.57 Å². The van der Waals surface area contributed by atoms with Crippen LogP contribution >= 0.6 is 0 Å². The van der Waals surface area contributed by atoms with Crippen LogP contribution in [0, 0.1) is 5.41 Å². The maximum atomic E-state index is 11.7. The summed E-state index contributed by atoms with van der Waals surface area (Å²) in [5.41, 5.74) is 1.55. The Morgan fingerprint density at radius 1 is 1.23 bits per heavy atom. The van der Waals surface area contributed by atoms with Crippen molar-refractivity contribution in [1.82, 2.24) is 5.32 Å². The van der Waals surface area contributed by atoms with Crippen LogP contribution < -0.4 is 10.6 Å². The van der Waals surface area contributed by atoms with E-state index >= 15 is 0 Å². The van der Waals surface area contributed by atoms with Gasteiger partial charge >= 0.3 is 6.09 Å². The minimum absolute atomic E-state index is 0.246. The Morgan fingerprint density at radius 2 is 1.82 bits per heavy atom. The molecule has 0 aliphatic rings. The Labute approximate surface area is 130 Å². The fourth-order valence-electron chi connectivity index (χ4n) is 1.76. The normalized spacial score (nSPS) is 12.0. The largest absolute Gasteiger partial charge is 0.444 e. The number of benzene rings is 1. The second-order valence-electron chi connectivity index (χ2n) is 5.55. The Hall–Kier alpha value is -2.63. The minimum Gasteiger partial charge on any atom is -0.444 e. The summed E-state index contributed by atoms with van der Waals surface area (Å²) >= 11 is 0. The molecule has 6 heteroatoms. The highest BCUT2D eigenvalue weighted by Gasteiger charge is 2.16. The lowest BCUT2D eigenvalue weighted by molar-refractivity contribution is -0.104. The van der Waals surface area contributed by atoms with E-state index in [1.54, 1.807) is 52.1 Å². The van der Waals surface area contributed by atoms with Crippen LogP contribution in [0.5, 0.6) is 0 Å². The second kappa shape index (κ2) is 7.40. The number of rotatable bonds is 5. The van der Waals surface area contributed by atoms with Gasteiger partial charge in [0.05, 0.1) is 11.3 Å². The third-order valence-electron chi connectivity index (χ3n) is 2.64. The highest BCUT2D eigenvalue weighted by molar-refractivity contribution is 6.08. The number of carbonyl (C=O) groups is 2. The van der Waals surface area contributed by atoms with Crippen LogP contribution in [0.15, 0.2) is 29.8 Å². The van der Waals surface area contributed by atoms with Gasteiger partial charge < -0.3 is 15.5 Å². The zero-order valence-electron chi connectivity index (χ0n) is 13.2.